The lowest BCUT2D eigenvalue weighted by Crippen LogP contribution is -2.14. The van der Waals surface area contributed by atoms with Crippen LogP contribution < -0.4 is 20.1 Å². The molecular weight excluding hydrogens is 342 g/mol. The van der Waals surface area contributed by atoms with Crippen molar-refractivity contribution < 1.29 is 14.3 Å². The number of rotatable bonds is 6. The number of amides is 1. The monoisotopic (exact) mass is 357 g/mol. The van der Waals surface area contributed by atoms with Gasteiger partial charge in [-0.1, -0.05) is 23.7 Å². The Balaban J connectivity index is 2.19. The largest absolute Gasteiger partial charge is 0.497 e. The SMILES string of the molecule is COc1ccc(OC)c(N/C=C(/C#N)C(=O)Nc2ccccc2Cl)c1. The summed E-state index contributed by atoms with van der Waals surface area (Å²) in [5.41, 5.74) is 0.860. The van der Waals surface area contributed by atoms with Crippen molar-refractivity contribution in [1.29, 1.82) is 5.26 Å². The first-order valence-electron chi connectivity index (χ1n) is 7.23. The second-order valence-corrected chi connectivity index (χ2v) is 5.22. The first-order valence-corrected chi connectivity index (χ1v) is 7.61. The fourth-order valence-electron chi connectivity index (χ4n) is 1.98. The lowest BCUT2D eigenvalue weighted by atomic mass is 10.2. The summed E-state index contributed by atoms with van der Waals surface area (Å²) in [4.78, 5) is 12.2. The van der Waals surface area contributed by atoms with Gasteiger partial charge in [-0.3, -0.25) is 4.79 Å². The number of hydrogen-bond acceptors (Lipinski definition) is 5. The Labute approximate surface area is 150 Å². The highest BCUT2D eigenvalue weighted by Gasteiger charge is 2.12. The third kappa shape index (κ3) is 4.66. The molecule has 0 saturated carbocycles. The number of ether oxygens (including phenoxy) is 2. The van der Waals surface area contributed by atoms with E-state index in [9.17, 15) is 10.1 Å². The molecule has 0 unspecified atom stereocenters. The number of carbonyl (C=O) groups is 1. The van der Waals surface area contributed by atoms with E-state index in [-0.39, 0.29) is 5.57 Å². The Morgan fingerprint density at radius 2 is 1.92 bits per heavy atom. The molecule has 7 heteroatoms. The molecule has 0 aliphatic rings. The molecule has 0 radical (unpaired) electrons. The van der Waals surface area contributed by atoms with Crippen molar-refractivity contribution >= 4 is 28.9 Å². The highest BCUT2D eigenvalue weighted by Crippen LogP contribution is 2.29. The normalized spacial score (nSPS) is 10.6. The van der Waals surface area contributed by atoms with Crippen LogP contribution in [0.3, 0.4) is 0 Å². The third-order valence-corrected chi connectivity index (χ3v) is 3.60. The predicted octanol–water partition coefficient (Wildman–Crippen LogP) is 3.82. The molecule has 2 rings (SSSR count). The van der Waals surface area contributed by atoms with Crippen LogP contribution in [-0.2, 0) is 4.79 Å². The van der Waals surface area contributed by atoms with Crippen LogP contribution in [0.4, 0.5) is 11.4 Å². The van der Waals surface area contributed by atoms with E-state index in [2.05, 4.69) is 10.6 Å². The number of carbonyl (C=O) groups excluding carboxylic acids is 1. The average Bonchev–Trinajstić information content (AvgIpc) is 2.64. The van der Waals surface area contributed by atoms with E-state index in [4.69, 9.17) is 21.1 Å². The van der Waals surface area contributed by atoms with Crippen LogP contribution in [0.1, 0.15) is 0 Å². The Morgan fingerprint density at radius 1 is 1.16 bits per heavy atom. The maximum atomic E-state index is 12.2. The number of hydrogen-bond donors (Lipinski definition) is 2. The first kappa shape index (κ1) is 18.2. The molecule has 2 aromatic carbocycles. The molecule has 6 nitrogen and oxygen atoms in total. The average molecular weight is 358 g/mol. The van der Waals surface area contributed by atoms with Crippen LogP contribution in [0, 0.1) is 11.3 Å². The molecule has 0 aliphatic carbocycles. The highest BCUT2D eigenvalue weighted by atomic mass is 35.5. The van der Waals surface area contributed by atoms with Gasteiger partial charge in [0.2, 0.25) is 0 Å². The van der Waals surface area contributed by atoms with E-state index in [0.717, 1.165) is 0 Å². The van der Waals surface area contributed by atoms with Crippen molar-refractivity contribution in [2.75, 3.05) is 24.9 Å². The van der Waals surface area contributed by atoms with Crippen molar-refractivity contribution in [1.82, 2.24) is 0 Å². The number of para-hydroxylation sites is 1. The molecular formula is C18H16ClN3O3. The van der Waals surface area contributed by atoms with Crippen molar-refractivity contribution in [3.05, 3.63) is 59.3 Å². The van der Waals surface area contributed by atoms with Crippen LogP contribution >= 0.6 is 11.6 Å². The van der Waals surface area contributed by atoms with Gasteiger partial charge in [0, 0.05) is 12.3 Å². The van der Waals surface area contributed by atoms with Crippen molar-refractivity contribution in [3.8, 4) is 17.6 Å². The Kier molecular flexibility index (Phi) is 6.26. The zero-order chi connectivity index (χ0) is 18.2. The highest BCUT2D eigenvalue weighted by molar-refractivity contribution is 6.33. The Hall–Kier alpha value is -3.17. The Bertz CT molecular complexity index is 844. The Morgan fingerprint density at radius 3 is 2.56 bits per heavy atom. The van der Waals surface area contributed by atoms with E-state index in [0.29, 0.717) is 27.9 Å². The molecule has 0 atom stereocenters. The predicted molar refractivity (Wildman–Crippen MR) is 96.9 cm³/mol. The van der Waals surface area contributed by atoms with Gasteiger partial charge in [0.15, 0.2) is 0 Å². The maximum Gasteiger partial charge on any atom is 0.267 e. The minimum Gasteiger partial charge on any atom is -0.497 e. The summed E-state index contributed by atoms with van der Waals surface area (Å²) in [5.74, 6) is 0.571. The molecule has 0 fully saturated rings. The molecule has 25 heavy (non-hydrogen) atoms. The van der Waals surface area contributed by atoms with Crippen LogP contribution in [0.5, 0.6) is 11.5 Å². The fourth-order valence-corrected chi connectivity index (χ4v) is 2.16. The van der Waals surface area contributed by atoms with Gasteiger partial charge >= 0.3 is 0 Å². The summed E-state index contributed by atoms with van der Waals surface area (Å²) in [6, 6.07) is 13.8. The molecule has 0 bridgehead atoms. The molecule has 0 heterocycles. The van der Waals surface area contributed by atoms with Crippen molar-refractivity contribution in [2.45, 2.75) is 0 Å². The molecule has 0 spiro atoms. The van der Waals surface area contributed by atoms with Crippen LogP contribution in [0.15, 0.2) is 54.2 Å². The van der Waals surface area contributed by atoms with Crippen molar-refractivity contribution in [2.24, 2.45) is 0 Å². The summed E-state index contributed by atoms with van der Waals surface area (Å²) in [6.07, 6.45) is 1.30. The van der Waals surface area contributed by atoms with Crippen LogP contribution in [0.25, 0.3) is 0 Å². The molecule has 0 saturated heterocycles. The number of halogens is 1. The van der Waals surface area contributed by atoms with Gasteiger partial charge in [-0.25, -0.2) is 0 Å². The van der Waals surface area contributed by atoms with Gasteiger partial charge in [0.05, 0.1) is 30.6 Å². The topological polar surface area (TPSA) is 83.4 Å². The second kappa shape index (κ2) is 8.62. The van der Waals surface area contributed by atoms with E-state index in [1.165, 1.54) is 13.3 Å². The van der Waals surface area contributed by atoms with Gasteiger partial charge in [0.25, 0.3) is 5.91 Å². The summed E-state index contributed by atoms with van der Waals surface area (Å²) in [7, 11) is 3.06. The first-order chi connectivity index (χ1) is 12.1. The van der Waals surface area contributed by atoms with E-state index in [1.807, 2.05) is 6.07 Å². The van der Waals surface area contributed by atoms with E-state index in [1.54, 1.807) is 49.6 Å². The quantitative estimate of drug-likeness (QED) is 0.606. The van der Waals surface area contributed by atoms with Crippen molar-refractivity contribution in [3.63, 3.8) is 0 Å². The zero-order valence-corrected chi connectivity index (χ0v) is 14.4. The summed E-state index contributed by atoms with van der Waals surface area (Å²) in [5, 5.41) is 15.1. The number of nitriles is 1. The summed E-state index contributed by atoms with van der Waals surface area (Å²) in [6.45, 7) is 0. The van der Waals surface area contributed by atoms with Crippen LogP contribution in [-0.4, -0.2) is 20.1 Å². The fraction of sp³-hybridized carbons (Fsp3) is 0.111. The van der Waals surface area contributed by atoms with E-state index < -0.39 is 5.91 Å². The maximum absolute atomic E-state index is 12.2. The number of nitrogens with zero attached hydrogens (tertiary/aromatic N) is 1. The number of nitrogens with one attached hydrogen (secondary N) is 2. The van der Waals surface area contributed by atoms with Gasteiger partial charge in [-0.05, 0) is 24.3 Å². The molecule has 0 aromatic heterocycles. The van der Waals surface area contributed by atoms with Gasteiger partial charge in [0.1, 0.15) is 23.1 Å². The second-order valence-electron chi connectivity index (χ2n) is 4.81. The molecule has 1 amide bonds. The lowest BCUT2D eigenvalue weighted by molar-refractivity contribution is -0.112. The molecule has 2 N–H and O–H groups in total. The van der Waals surface area contributed by atoms with Gasteiger partial charge < -0.3 is 20.1 Å². The number of methoxy groups -OCH3 is 2. The molecule has 0 aliphatic heterocycles. The summed E-state index contributed by atoms with van der Waals surface area (Å²) < 4.78 is 10.4. The minimum atomic E-state index is -0.579. The number of anilines is 2. The lowest BCUT2D eigenvalue weighted by Gasteiger charge is -2.11. The standard InChI is InChI=1S/C18H16ClN3O3/c1-24-13-7-8-17(25-2)16(9-13)21-11-12(10-20)18(23)22-15-6-4-3-5-14(15)19/h3-9,11,21H,1-2H3,(H,22,23)/b12-11-. The van der Waals surface area contributed by atoms with Crippen LogP contribution in [0.2, 0.25) is 5.02 Å². The number of benzene rings is 2. The van der Waals surface area contributed by atoms with E-state index >= 15 is 0 Å². The van der Waals surface area contributed by atoms with Gasteiger partial charge in [-0.2, -0.15) is 5.26 Å². The summed E-state index contributed by atoms with van der Waals surface area (Å²) >= 11 is 6.00. The third-order valence-electron chi connectivity index (χ3n) is 3.27. The smallest absolute Gasteiger partial charge is 0.267 e. The molecule has 2 aromatic rings. The minimum absolute atomic E-state index is 0.121. The zero-order valence-electron chi connectivity index (χ0n) is 13.7. The van der Waals surface area contributed by atoms with Gasteiger partial charge in [-0.15, -0.1) is 0 Å². The molecule has 128 valence electrons.